The zero-order valence-corrected chi connectivity index (χ0v) is 10.6. The van der Waals surface area contributed by atoms with Gasteiger partial charge in [-0.2, -0.15) is 12.6 Å². The quantitative estimate of drug-likeness (QED) is 0.642. The molecule has 0 radical (unpaired) electrons. The minimum Gasteiger partial charge on any atom is -0.454 e. The van der Waals surface area contributed by atoms with Gasteiger partial charge in [-0.25, -0.2) is 0 Å². The van der Waals surface area contributed by atoms with Gasteiger partial charge in [0.2, 0.25) is 6.79 Å². The molecular weight excluding hydrogens is 222 g/mol. The number of ether oxygens (including phenoxy) is 2. The van der Waals surface area contributed by atoms with Crippen molar-refractivity contribution in [3.05, 3.63) is 23.3 Å². The Hall–Kier alpha value is -0.870. The lowest BCUT2D eigenvalue weighted by Gasteiger charge is -2.14. The number of thiol groups is 1. The monoisotopic (exact) mass is 239 g/mol. The third kappa shape index (κ3) is 2.44. The lowest BCUT2D eigenvalue weighted by Crippen LogP contribution is -2.19. The summed E-state index contributed by atoms with van der Waals surface area (Å²) in [5.41, 5.74) is 2.58. The molecule has 0 atom stereocenters. The van der Waals surface area contributed by atoms with E-state index >= 15 is 0 Å². The van der Waals surface area contributed by atoms with Crippen LogP contribution in [0.4, 0.5) is 0 Å². The molecule has 88 valence electrons. The molecule has 1 aromatic rings. The summed E-state index contributed by atoms with van der Waals surface area (Å²) in [6.07, 6.45) is 1.01. The van der Waals surface area contributed by atoms with Gasteiger partial charge in [0.05, 0.1) is 0 Å². The van der Waals surface area contributed by atoms with E-state index in [1.807, 2.05) is 0 Å². The highest BCUT2D eigenvalue weighted by atomic mass is 32.1. The lowest BCUT2D eigenvalue weighted by molar-refractivity contribution is 0.174. The molecule has 0 unspecified atom stereocenters. The van der Waals surface area contributed by atoms with Crippen LogP contribution < -0.4 is 9.47 Å². The maximum atomic E-state index is 5.38. The second-order valence-electron chi connectivity index (χ2n) is 4.10. The van der Waals surface area contributed by atoms with Gasteiger partial charge in [0.15, 0.2) is 11.5 Å². The molecule has 0 amide bonds. The van der Waals surface area contributed by atoms with E-state index in [1.165, 1.54) is 11.1 Å². The van der Waals surface area contributed by atoms with Gasteiger partial charge in [-0.1, -0.05) is 0 Å². The SMILES string of the molecule is Cc1cc2c(cc1CCN(C)CS)OCO2. The van der Waals surface area contributed by atoms with Crippen molar-refractivity contribution in [3.8, 4) is 11.5 Å². The molecular formula is C12H17NO2S. The minimum atomic E-state index is 0.342. The van der Waals surface area contributed by atoms with Crippen molar-refractivity contribution >= 4 is 12.6 Å². The molecule has 0 N–H and O–H groups in total. The van der Waals surface area contributed by atoms with Crippen LogP contribution in [0.15, 0.2) is 12.1 Å². The number of aryl methyl sites for hydroxylation is 1. The van der Waals surface area contributed by atoms with Crippen molar-refractivity contribution in [2.24, 2.45) is 0 Å². The molecule has 16 heavy (non-hydrogen) atoms. The molecule has 2 rings (SSSR count). The van der Waals surface area contributed by atoms with Crippen LogP contribution in [-0.4, -0.2) is 31.2 Å². The molecule has 0 aliphatic carbocycles. The number of likely N-dealkylation sites (N-methyl/N-ethyl adjacent to an activating group) is 1. The standard InChI is InChI=1S/C12H17NO2S/c1-9-5-11-12(15-8-14-11)6-10(9)3-4-13(2)7-16/h5-6,16H,3-4,7-8H2,1-2H3. The molecule has 1 aromatic carbocycles. The fraction of sp³-hybridized carbons (Fsp3) is 0.500. The first-order chi connectivity index (χ1) is 7.70. The zero-order valence-electron chi connectivity index (χ0n) is 9.69. The maximum Gasteiger partial charge on any atom is 0.231 e. The van der Waals surface area contributed by atoms with E-state index in [0.717, 1.165) is 30.3 Å². The molecule has 0 saturated heterocycles. The Labute approximate surface area is 102 Å². The first kappa shape index (κ1) is 11.6. The molecule has 0 bridgehead atoms. The number of fused-ring (bicyclic) bond motifs is 1. The van der Waals surface area contributed by atoms with Crippen LogP contribution in [-0.2, 0) is 6.42 Å². The summed E-state index contributed by atoms with van der Waals surface area (Å²) >= 11 is 4.23. The maximum absolute atomic E-state index is 5.38. The Bertz CT molecular complexity index is 382. The van der Waals surface area contributed by atoms with Crippen molar-refractivity contribution in [1.29, 1.82) is 0 Å². The Morgan fingerprint density at radius 1 is 1.31 bits per heavy atom. The first-order valence-corrected chi connectivity index (χ1v) is 6.02. The molecule has 0 fully saturated rings. The van der Waals surface area contributed by atoms with E-state index in [0.29, 0.717) is 6.79 Å². The predicted molar refractivity (Wildman–Crippen MR) is 67.5 cm³/mol. The average Bonchev–Trinajstić information content (AvgIpc) is 2.72. The van der Waals surface area contributed by atoms with Crippen LogP contribution in [0.5, 0.6) is 11.5 Å². The van der Waals surface area contributed by atoms with E-state index in [-0.39, 0.29) is 0 Å². The van der Waals surface area contributed by atoms with Crippen LogP contribution in [0, 0.1) is 6.92 Å². The summed E-state index contributed by atoms with van der Waals surface area (Å²) < 4.78 is 10.7. The van der Waals surface area contributed by atoms with Gasteiger partial charge in [-0.05, 0) is 43.7 Å². The van der Waals surface area contributed by atoms with Crippen molar-refractivity contribution in [3.63, 3.8) is 0 Å². The number of hydrogen-bond acceptors (Lipinski definition) is 4. The number of hydrogen-bond donors (Lipinski definition) is 1. The summed E-state index contributed by atoms with van der Waals surface area (Å²) in [6.45, 7) is 3.46. The molecule has 1 heterocycles. The second kappa shape index (κ2) is 4.97. The van der Waals surface area contributed by atoms with Crippen LogP contribution in [0.25, 0.3) is 0 Å². The molecule has 0 saturated carbocycles. The third-order valence-corrected chi connectivity index (χ3v) is 3.32. The van der Waals surface area contributed by atoms with Crippen molar-refractivity contribution < 1.29 is 9.47 Å². The van der Waals surface area contributed by atoms with Gasteiger partial charge in [-0.3, -0.25) is 4.90 Å². The molecule has 1 aliphatic heterocycles. The summed E-state index contributed by atoms with van der Waals surface area (Å²) in [7, 11) is 2.06. The number of rotatable bonds is 4. The van der Waals surface area contributed by atoms with Crippen molar-refractivity contribution in [2.45, 2.75) is 13.3 Å². The summed E-state index contributed by atoms with van der Waals surface area (Å²) in [6, 6.07) is 4.14. The third-order valence-electron chi connectivity index (χ3n) is 2.84. The highest BCUT2D eigenvalue weighted by molar-refractivity contribution is 7.80. The largest absolute Gasteiger partial charge is 0.454 e. The van der Waals surface area contributed by atoms with Gasteiger partial charge < -0.3 is 9.47 Å². The van der Waals surface area contributed by atoms with Gasteiger partial charge >= 0.3 is 0 Å². The van der Waals surface area contributed by atoms with Gasteiger partial charge in [0.25, 0.3) is 0 Å². The zero-order chi connectivity index (χ0) is 11.5. The van der Waals surface area contributed by atoms with E-state index in [9.17, 15) is 0 Å². The average molecular weight is 239 g/mol. The normalized spacial score (nSPS) is 13.5. The Morgan fingerprint density at radius 3 is 2.69 bits per heavy atom. The highest BCUT2D eigenvalue weighted by Crippen LogP contribution is 2.34. The smallest absolute Gasteiger partial charge is 0.231 e. The number of nitrogens with zero attached hydrogens (tertiary/aromatic N) is 1. The highest BCUT2D eigenvalue weighted by Gasteiger charge is 2.15. The molecule has 0 aromatic heterocycles. The van der Waals surface area contributed by atoms with Crippen LogP contribution >= 0.6 is 12.6 Å². The van der Waals surface area contributed by atoms with Crippen LogP contribution in [0.3, 0.4) is 0 Å². The first-order valence-electron chi connectivity index (χ1n) is 5.39. The summed E-state index contributed by atoms with van der Waals surface area (Å²) in [4.78, 5) is 2.17. The van der Waals surface area contributed by atoms with Crippen LogP contribution in [0.1, 0.15) is 11.1 Å². The fourth-order valence-corrected chi connectivity index (χ4v) is 1.88. The van der Waals surface area contributed by atoms with Gasteiger partial charge in [0.1, 0.15) is 0 Å². The Kier molecular flexibility index (Phi) is 3.61. The van der Waals surface area contributed by atoms with Crippen LogP contribution in [0.2, 0.25) is 0 Å². The Morgan fingerprint density at radius 2 is 2.00 bits per heavy atom. The summed E-state index contributed by atoms with van der Waals surface area (Å²) in [5, 5.41) is 0. The number of benzene rings is 1. The Balaban J connectivity index is 2.09. The minimum absolute atomic E-state index is 0.342. The van der Waals surface area contributed by atoms with Crippen molar-refractivity contribution in [2.75, 3.05) is 26.3 Å². The molecule has 0 spiro atoms. The van der Waals surface area contributed by atoms with Gasteiger partial charge in [0, 0.05) is 12.4 Å². The second-order valence-corrected chi connectivity index (χ2v) is 4.39. The topological polar surface area (TPSA) is 21.7 Å². The molecule has 1 aliphatic rings. The van der Waals surface area contributed by atoms with E-state index in [2.05, 4.69) is 43.6 Å². The van der Waals surface area contributed by atoms with Gasteiger partial charge in [-0.15, -0.1) is 0 Å². The summed E-state index contributed by atoms with van der Waals surface area (Å²) in [5.74, 6) is 2.52. The van der Waals surface area contributed by atoms with E-state index in [4.69, 9.17) is 9.47 Å². The molecule has 4 heteroatoms. The molecule has 3 nitrogen and oxygen atoms in total. The van der Waals surface area contributed by atoms with E-state index in [1.54, 1.807) is 0 Å². The lowest BCUT2D eigenvalue weighted by atomic mass is 10.0. The predicted octanol–water partition coefficient (Wildman–Crippen LogP) is 2.09. The van der Waals surface area contributed by atoms with Crippen molar-refractivity contribution in [1.82, 2.24) is 4.90 Å². The fourth-order valence-electron chi connectivity index (χ4n) is 1.74. The van der Waals surface area contributed by atoms with E-state index < -0.39 is 0 Å².